The number of aromatic nitrogens is 1. The van der Waals surface area contributed by atoms with Crippen LogP contribution in [-0.2, 0) is 4.79 Å². The Hall–Kier alpha value is -1.97. The second-order valence-corrected chi connectivity index (χ2v) is 6.34. The van der Waals surface area contributed by atoms with E-state index in [1.807, 2.05) is 0 Å². The van der Waals surface area contributed by atoms with Crippen molar-refractivity contribution in [2.24, 2.45) is 0 Å². The molecule has 2 aromatic rings. The second kappa shape index (κ2) is 8.15. The Morgan fingerprint density at radius 3 is 2.42 bits per heavy atom. The van der Waals surface area contributed by atoms with E-state index < -0.39 is 12.1 Å². The molecule has 1 aliphatic rings. The normalized spacial score (nSPS) is 16.9. The number of fused-ring (bicyclic) bond motifs is 1. The molecule has 3 rings (SSSR count). The summed E-state index contributed by atoms with van der Waals surface area (Å²) in [6, 6.07) is 5.38. The average Bonchev–Trinajstić information content (AvgIpc) is 3.16. The van der Waals surface area contributed by atoms with E-state index in [2.05, 4.69) is 15.6 Å². The van der Waals surface area contributed by atoms with Crippen LogP contribution in [0.2, 0.25) is 10.0 Å². The summed E-state index contributed by atoms with van der Waals surface area (Å²) in [4.78, 5) is 24.1. The Balaban J connectivity index is 0.000000298. The Morgan fingerprint density at radius 2 is 1.88 bits per heavy atom. The molecule has 1 aromatic carbocycles. The van der Waals surface area contributed by atoms with Gasteiger partial charge in [0.25, 0.3) is 5.91 Å². The molecule has 26 heavy (non-hydrogen) atoms. The van der Waals surface area contributed by atoms with Crippen LogP contribution < -0.4 is 10.6 Å². The fourth-order valence-corrected chi connectivity index (χ4v) is 2.87. The third kappa shape index (κ3) is 5.26. The summed E-state index contributed by atoms with van der Waals surface area (Å²) in [6.07, 6.45) is -4.13. The maximum atomic E-state index is 12.1. The van der Waals surface area contributed by atoms with Crippen molar-refractivity contribution in [1.82, 2.24) is 15.6 Å². The molecule has 1 amide bonds. The third-order valence-corrected chi connectivity index (χ3v) is 4.07. The molecule has 0 spiro atoms. The number of rotatable bonds is 2. The molecular weight excluding hydrogens is 398 g/mol. The monoisotopic (exact) mass is 411 g/mol. The summed E-state index contributed by atoms with van der Waals surface area (Å²) in [5, 5.41) is 15.2. The number of aromatic amines is 1. The van der Waals surface area contributed by atoms with Crippen molar-refractivity contribution in [3.05, 3.63) is 33.9 Å². The van der Waals surface area contributed by atoms with Gasteiger partial charge in [-0.25, -0.2) is 4.79 Å². The largest absolute Gasteiger partial charge is 0.490 e. The van der Waals surface area contributed by atoms with E-state index >= 15 is 0 Å². The van der Waals surface area contributed by atoms with E-state index in [1.165, 1.54) is 0 Å². The number of hydrogen-bond acceptors (Lipinski definition) is 3. The zero-order valence-corrected chi connectivity index (χ0v) is 14.6. The number of aliphatic carboxylic acids is 1. The molecule has 2 heterocycles. The van der Waals surface area contributed by atoms with Crippen LogP contribution in [0.3, 0.4) is 0 Å². The Morgan fingerprint density at radius 1 is 1.23 bits per heavy atom. The lowest BCUT2D eigenvalue weighted by Crippen LogP contribution is -2.36. The minimum atomic E-state index is -5.08. The number of carboxylic acid groups (broad SMARTS) is 1. The van der Waals surface area contributed by atoms with Crippen LogP contribution in [0.15, 0.2) is 18.2 Å². The van der Waals surface area contributed by atoms with Gasteiger partial charge in [-0.3, -0.25) is 4.79 Å². The predicted molar refractivity (Wildman–Crippen MR) is 90.8 cm³/mol. The Kier molecular flexibility index (Phi) is 6.38. The molecule has 0 unspecified atom stereocenters. The fraction of sp³-hybridized carbons (Fsp3) is 0.333. The number of H-pyrrole nitrogens is 1. The summed E-state index contributed by atoms with van der Waals surface area (Å²) < 4.78 is 31.7. The van der Waals surface area contributed by atoms with E-state index in [0.29, 0.717) is 15.7 Å². The summed E-state index contributed by atoms with van der Waals surface area (Å²) in [5.41, 5.74) is 1.28. The summed E-state index contributed by atoms with van der Waals surface area (Å²) in [6.45, 7) is 1.76. The molecule has 1 aromatic heterocycles. The minimum Gasteiger partial charge on any atom is -0.475 e. The van der Waals surface area contributed by atoms with Crippen LogP contribution in [0, 0.1) is 0 Å². The van der Waals surface area contributed by atoms with E-state index in [0.717, 1.165) is 30.4 Å². The van der Waals surface area contributed by atoms with Crippen LogP contribution in [0.4, 0.5) is 13.2 Å². The molecule has 11 heteroatoms. The maximum Gasteiger partial charge on any atom is 0.490 e. The van der Waals surface area contributed by atoms with Gasteiger partial charge in [0.1, 0.15) is 5.69 Å². The first-order valence-corrected chi connectivity index (χ1v) is 8.13. The first-order chi connectivity index (χ1) is 12.1. The number of hydrogen-bond donors (Lipinski definition) is 4. The number of amides is 1. The fourth-order valence-electron chi connectivity index (χ4n) is 2.32. The summed E-state index contributed by atoms with van der Waals surface area (Å²) in [7, 11) is 0. The first-order valence-electron chi connectivity index (χ1n) is 7.37. The van der Waals surface area contributed by atoms with Gasteiger partial charge < -0.3 is 20.7 Å². The van der Waals surface area contributed by atoms with E-state index in [1.54, 1.807) is 18.2 Å². The second-order valence-electron chi connectivity index (χ2n) is 5.50. The van der Waals surface area contributed by atoms with Gasteiger partial charge in [-0.15, -0.1) is 0 Å². The lowest BCUT2D eigenvalue weighted by molar-refractivity contribution is -0.192. The zero-order chi connectivity index (χ0) is 19.5. The number of carboxylic acids is 1. The first kappa shape index (κ1) is 20.3. The van der Waals surface area contributed by atoms with Crippen LogP contribution in [0.5, 0.6) is 0 Å². The lowest BCUT2D eigenvalue weighted by Gasteiger charge is -2.09. The molecule has 1 saturated heterocycles. The highest BCUT2D eigenvalue weighted by atomic mass is 35.5. The third-order valence-electron chi connectivity index (χ3n) is 3.53. The van der Waals surface area contributed by atoms with Gasteiger partial charge in [-0.05, 0) is 31.2 Å². The Bertz CT molecular complexity index is 818. The van der Waals surface area contributed by atoms with Crippen molar-refractivity contribution in [2.45, 2.75) is 18.6 Å². The number of carbonyl (C=O) groups excluding carboxylic acids is 1. The van der Waals surface area contributed by atoms with Crippen molar-refractivity contribution in [3.8, 4) is 0 Å². The minimum absolute atomic E-state index is 0.114. The number of halogens is 5. The molecule has 0 saturated carbocycles. The molecule has 1 atom stereocenters. The van der Waals surface area contributed by atoms with Gasteiger partial charge in [0.05, 0.1) is 5.02 Å². The van der Waals surface area contributed by atoms with Crippen LogP contribution >= 0.6 is 23.2 Å². The van der Waals surface area contributed by atoms with Crippen molar-refractivity contribution in [2.75, 3.05) is 13.1 Å². The zero-order valence-electron chi connectivity index (χ0n) is 13.1. The summed E-state index contributed by atoms with van der Waals surface area (Å²) >= 11 is 12.0. The molecule has 0 bridgehead atoms. The highest BCUT2D eigenvalue weighted by Crippen LogP contribution is 2.28. The van der Waals surface area contributed by atoms with E-state index in [-0.39, 0.29) is 11.9 Å². The van der Waals surface area contributed by atoms with Crippen molar-refractivity contribution >= 4 is 46.0 Å². The topological polar surface area (TPSA) is 94.2 Å². The quantitative estimate of drug-likeness (QED) is 0.610. The van der Waals surface area contributed by atoms with Gasteiger partial charge in [0, 0.05) is 28.5 Å². The van der Waals surface area contributed by atoms with Gasteiger partial charge in [-0.1, -0.05) is 23.2 Å². The van der Waals surface area contributed by atoms with Crippen LogP contribution in [0.1, 0.15) is 16.9 Å². The molecule has 0 radical (unpaired) electrons. The summed E-state index contributed by atoms with van der Waals surface area (Å²) in [5.74, 6) is -2.87. The SMILES string of the molecule is O=C(N[C@H]1CCNC1)c1cc2c(Cl)cc(Cl)cc2[nH]1.O=C(O)C(F)(F)F. The smallest absolute Gasteiger partial charge is 0.475 e. The number of carbonyl (C=O) groups is 2. The molecular formula is C15H14Cl2F3N3O3. The van der Waals surface area contributed by atoms with Crippen molar-refractivity contribution in [3.63, 3.8) is 0 Å². The molecule has 4 N–H and O–H groups in total. The molecule has 6 nitrogen and oxygen atoms in total. The van der Waals surface area contributed by atoms with Gasteiger partial charge in [0.15, 0.2) is 0 Å². The predicted octanol–water partition coefficient (Wildman–Crippen LogP) is 3.20. The standard InChI is InChI=1S/C13H13Cl2N3O.C2HF3O2/c14-7-3-10(15)9-5-12(18-11(9)4-7)13(19)17-8-1-2-16-6-8;3-2(4,5)1(6)7/h3-5,8,16,18H,1-2,6H2,(H,17,19);(H,6,7)/t8-;/m0./s1. The average molecular weight is 412 g/mol. The van der Waals surface area contributed by atoms with E-state index in [9.17, 15) is 18.0 Å². The number of alkyl halides is 3. The van der Waals surface area contributed by atoms with Gasteiger partial charge in [0.2, 0.25) is 0 Å². The highest BCUT2D eigenvalue weighted by molar-refractivity contribution is 6.38. The molecule has 1 aliphatic heterocycles. The Labute approximate surface area is 155 Å². The van der Waals surface area contributed by atoms with Crippen LogP contribution in [0.25, 0.3) is 10.9 Å². The lowest BCUT2D eigenvalue weighted by atomic mass is 10.2. The number of nitrogens with one attached hydrogen (secondary N) is 3. The molecule has 1 fully saturated rings. The molecule has 142 valence electrons. The maximum absolute atomic E-state index is 12.1. The van der Waals surface area contributed by atoms with E-state index in [4.69, 9.17) is 33.1 Å². The number of benzene rings is 1. The van der Waals surface area contributed by atoms with Crippen molar-refractivity contribution in [1.29, 1.82) is 0 Å². The van der Waals surface area contributed by atoms with Crippen molar-refractivity contribution < 1.29 is 27.9 Å². The van der Waals surface area contributed by atoms with Gasteiger partial charge in [-0.2, -0.15) is 13.2 Å². The highest BCUT2D eigenvalue weighted by Gasteiger charge is 2.38. The van der Waals surface area contributed by atoms with Gasteiger partial charge >= 0.3 is 12.1 Å². The molecule has 0 aliphatic carbocycles. The van der Waals surface area contributed by atoms with Crippen LogP contribution in [-0.4, -0.2) is 47.3 Å².